The van der Waals surface area contributed by atoms with E-state index < -0.39 is 0 Å². The molecular weight excluding hydrogens is 358 g/mol. The summed E-state index contributed by atoms with van der Waals surface area (Å²) in [5, 5.41) is 7.42. The van der Waals surface area contributed by atoms with Gasteiger partial charge in [0.15, 0.2) is 5.96 Å². The molecule has 0 aliphatic rings. The van der Waals surface area contributed by atoms with Crippen molar-refractivity contribution in [3.05, 3.63) is 89.0 Å². The number of aliphatic imine (C=N–C) groups is 1. The number of nitrogens with one attached hydrogen (secondary N) is 2. The van der Waals surface area contributed by atoms with Crippen LogP contribution in [0.3, 0.4) is 0 Å². The average Bonchev–Trinajstić information content (AvgIpc) is 3.12. The van der Waals surface area contributed by atoms with E-state index in [1.165, 1.54) is 11.1 Å². The second-order valence-corrected chi connectivity index (χ2v) is 6.63. The van der Waals surface area contributed by atoms with Crippen LogP contribution < -0.4 is 10.6 Å². The Morgan fingerprint density at radius 3 is 2.67 bits per heavy atom. The maximum Gasteiger partial charge on any atom is 0.191 e. The standard InChI is InChI=1S/C21H24ClN5/c1-23-21(25-11-10-17-8-5-9-19(22)14-17)26-15-20-24-12-13-27(20)16-18-6-3-2-4-7-18/h2-9,12-14H,10-11,15-16H2,1H3,(H2,23,25,26). The molecule has 0 aliphatic carbocycles. The summed E-state index contributed by atoms with van der Waals surface area (Å²) in [5.74, 6) is 1.72. The molecule has 0 bridgehead atoms. The Labute approximate surface area is 165 Å². The fourth-order valence-electron chi connectivity index (χ4n) is 2.83. The van der Waals surface area contributed by atoms with Crippen LogP contribution in [0.5, 0.6) is 0 Å². The minimum atomic E-state index is 0.608. The normalized spacial score (nSPS) is 11.4. The molecule has 1 aromatic heterocycles. The van der Waals surface area contributed by atoms with Gasteiger partial charge in [0.25, 0.3) is 0 Å². The van der Waals surface area contributed by atoms with Crippen LogP contribution in [0.4, 0.5) is 0 Å². The van der Waals surface area contributed by atoms with Gasteiger partial charge in [-0.25, -0.2) is 4.98 Å². The maximum absolute atomic E-state index is 6.03. The molecule has 2 N–H and O–H groups in total. The van der Waals surface area contributed by atoms with E-state index in [0.29, 0.717) is 6.54 Å². The van der Waals surface area contributed by atoms with E-state index in [2.05, 4.69) is 55.5 Å². The highest BCUT2D eigenvalue weighted by Gasteiger charge is 2.05. The van der Waals surface area contributed by atoms with Crippen molar-refractivity contribution in [1.29, 1.82) is 0 Å². The maximum atomic E-state index is 6.03. The Hall–Kier alpha value is -2.79. The molecule has 0 saturated heterocycles. The Morgan fingerprint density at radius 1 is 1.07 bits per heavy atom. The van der Waals surface area contributed by atoms with Crippen LogP contribution in [0, 0.1) is 0 Å². The topological polar surface area (TPSA) is 54.2 Å². The van der Waals surface area contributed by atoms with Gasteiger partial charge in [-0.2, -0.15) is 0 Å². The van der Waals surface area contributed by atoms with Crippen molar-refractivity contribution in [2.45, 2.75) is 19.5 Å². The van der Waals surface area contributed by atoms with E-state index in [9.17, 15) is 0 Å². The lowest BCUT2D eigenvalue weighted by atomic mass is 10.1. The molecule has 0 radical (unpaired) electrons. The zero-order chi connectivity index (χ0) is 18.9. The third-order valence-corrected chi connectivity index (χ3v) is 4.47. The number of imidazole rings is 1. The number of hydrogen-bond donors (Lipinski definition) is 2. The summed E-state index contributed by atoms with van der Waals surface area (Å²) in [6.07, 6.45) is 4.71. The third-order valence-electron chi connectivity index (χ3n) is 4.23. The summed E-state index contributed by atoms with van der Waals surface area (Å²) in [6.45, 7) is 2.19. The molecule has 0 spiro atoms. The third kappa shape index (κ3) is 5.86. The second kappa shape index (κ2) is 9.78. The van der Waals surface area contributed by atoms with E-state index in [-0.39, 0.29) is 0 Å². The summed E-state index contributed by atoms with van der Waals surface area (Å²) in [6, 6.07) is 18.3. The average molecular weight is 382 g/mol. The Morgan fingerprint density at radius 2 is 1.89 bits per heavy atom. The molecule has 0 aliphatic heterocycles. The molecule has 5 nitrogen and oxygen atoms in total. The summed E-state index contributed by atoms with van der Waals surface area (Å²) < 4.78 is 2.14. The first-order valence-corrected chi connectivity index (χ1v) is 9.35. The van der Waals surface area contributed by atoms with Gasteiger partial charge in [-0.15, -0.1) is 0 Å². The summed E-state index contributed by atoms with van der Waals surface area (Å²) in [5.41, 5.74) is 2.45. The van der Waals surface area contributed by atoms with Crippen LogP contribution in [0.2, 0.25) is 5.02 Å². The molecule has 0 atom stereocenters. The SMILES string of the molecule is CN=C(NCCc1cccc(Cl)c1)NCc1nccn1Cc1ccccc1. The fraction of sp³-hybridized carbons (Fsp3) is 0.238. The Bertz CT molecular complexity index is 873. The number of hydrogen-bond acceptors (Lipinski definition) is 2. The van der Waals surface area contributed by atoms with Gasteiger partial charge in [0, 0.05) is 37.6 Å². The smallest absolute Gasteiger partial charge is 0.191 e. The first-order chi connectivity index (χ1) is 13.2. The van der Waals surface area contributed by atoms with Gasteiger partial charge in [0.2, 0.25) is 0 Å². The number of aromatic nitrogens is 2. The van der Waals surface area contributed by atoms with Crippen molar-refractivity contribution in [1.82, 2.24) is 20.2 Å². The van der Waals surface area contributed by atoms with Crippen LogP contribution in [0.15, 0.2) is 72.0 Å². The minimum absolute atomic E-state index is 0.608. The van der Waals surface area contributed by atoms with Gasteiger partial charge in [0.05, 0.1) is 6.54 Å². The number of guanidine groups is 1. The van der Waals surface area contributed by atoms with E-state index in [1.54, 1.807) is 7.05 Å². The minimum Gasteiger partial charge on any atom is -0.356 e. The van der Waals surface area contributed by atoms with Gasteiger partial charge >= 0.3 is 0 Å². The largest absolute Gasteiger partial charge is 0.356 e. The highest BCUT2D eigenvalue weighted by Crippen LogP contribution is 2.10. The van der Waals surface area contributed by atoms with Crippen LogP contribution in [-0.2, 0) is 19.5 Å². The van der Waals surface area contributed by atoms with E-state index >= 15 is 0 Å². The number of benzene rings is 2. The Kier molecular flexibility index (Phi) is 6.88. The summed E-state index contributed by atoms with van der Waals surface area (Å²) >= 11 is 6.03. The first-order valence-electron chi connectivity index (χ1n) is 8.97. The van der Waals surface area contributed by atoms with Gasteiger partial charge in [-0.1, -0.05) is 54.1 Å². The molecule has 27 heavy (non-hydrogen) atoms. The summed E-state index contributed by atoms with van der Waals surface area (Å²) in [7, 11) is 1.77. The fourth-order valence-corrected chi connectivity index (χ4v) is 3.05. The van der Waals surface area contributed by atoms with E-state index in [4.69, 9.17) is 11.6 Å². The molecule has 6 heteroatoms. The number of halogens is 1. The monoisotopic (exact) mass is 381 g/mol. The molecule has 140 valence electrons. The van der Waals surface area contributed by atoms with Gasteiger partial charge in [0.1, 0.15) is 5.82 Å². The molecule has 2 aromatic carbocycles. The van der Waals surface area contributed by atoms with Crippen LogP contribution in [0.25, 0.3) is 0 Å². The molecule has 0 unspecified atom stereocenters. The molecule has 3 aromatic rings. The Balaban J connectivity index is 1.49. The van der Waals surface area contributed by atoms with Crippen LogP contribution in [0.1, 0.15) is 17.0 Å². The van der Waals surface area contributed by atoms with Gasteiger partial charge < -0.3 is 15.2 Å². The zero-order valence-corrected chi connectivity index (χ0v) is 16.2. The number of rotatable bonds is 7. The number of nitrogens with zero attached hydrogens (tertiary/aromatic N) is 3. The lowest BCUT2D eigenvalue weighted by Gasteiger charge is -2.13. The molecule has 0 amide bonds. The zero-order valence-electron chi connectivity index (χ0n) is 15.4. The predicted molar refractivity (Wildman–Crippen MR) is 111 cm³/mol. The lowest BCUT2D eigenvalue weighted by molar-refractivity contribution is 0.687. The molecule has 1 heterocycles. The highest BCUT2D eigenvalue weighted by molar-refractivity contribution is 6.30. The molecular formula is C21H24ClN5. The van der Waals surface area contributed by atoms with Gasteiger partial charge in [-0.3, -0.25) is 4.99 Å². The lowest BCUT2D eigenvalue weighted by Crippen LogP contribution is -2.38. The quantitative estimate of drug-likeness (QED) is 0.486. The summed E-state index contributed by atoms with van der Waals surface area (Å²) in [4.78, 5) is 8.74. The highest BCUT2D eigenvalue weighted by atomic mass is 35.5. The van der Waals surface area contributed by atoms with Gasteiger partial charge in [-0.05, 0) is 29.7 Å². The van der Waals surface area contributed by atoms with Crippen molar-refractivity contribution in [3.8, 4) is 0 Å². The second-order valence-electron chi connectivity index (χ2n) is 6.19. The van der Waals surface area contributed by atoms with Crippen molar-refractivity contribution < 1.29 is 0 Å². The van der Waals surface area contributed by atoms with Crippen molar-refractivity contribution >= 4 is 17.6 Å². The van der Waals surface area contributed by atoms with E-state index in [0.717, 1.165) is 36.3 Å². The van der Waals surface area contributed by atoms with E-state index in [1.807, 2.05) is 36.7 Å². The molecule has 0 fully saturated rings. The van der Waals surface area contributed by atoms with Crippen LogP contribution in [-0.4, -0.2) is 29.1 Å². The molecule has 0 saturated carbocycles. The van der Waals surface area contributed by atoms with Crippen molar-refractivity contribution in [2.24, 2.45) is 4.99 Å². The first kappa shape index (κ1) is 19.0. The van der Waals surface area contributed by atoms with Crippen molar-refractivity contribution in [2.75, 3.05) is 13.6 Å². The molecule has 3 rings (SSSR count). The van der Waals surface area contributed by atoms with Crippen LogP contribution >= 0.6 is 11.6 Å². The van der Waals surface area contributed by atoms with Crippen molar-refractivity contribution in [3.63, 3.8) is 0 Å². The predicted octanol–water partition coefficient (Wildman–Crippen LogP) is 3.49.